The third-order valence-electron chi connectivity index (χ3n) is 2.32. The minimum atomic E-state index is 0.120. The monoisotopic (exact) mass is 183 g/mol. The first-order chi connectivity index (χ1) is 6.33. The fourth-order valence-corrected chi connectivity index (χ4v) is 1.53. The molecule has 0 saturated carbocycles. The summed E-state index contributed by atoms with van der Waals surface area (Å²) in [5.41, 5.74) is 0. The summed E-state index contributed by atoms with van der Waals surface area (Å²) in [6, 6.07) is 0. The predicted molar refractivity (Wildman–Crippen MR) is 52.3 cm³/mol. The van der Waals surface area contributed by atoms with Gasteiger partial charge in [0.2, 0.25) is 5.91 Å². The zero-order chi connectivity index (χ0) is 9.52. The Hall–Kier alpha value is -0.570. The summed E-state index contributed by atoms with van der Waals surface area (Å²) in [7, 11) is 0. The summed E-state index contributed by atoms with van der Waals surface area (Å²) in [4.78, 5) is 11.3. The first-order valence-electron chi connectivity index (χ1n) is 5.29. The van der Waals surface area contributed by atoms with Gasteiger partial charge in [-0.1, -0.05) is 19.8 Å². The molecular weight excluding hydrogens is 164 g/mol. The lowest BCUT2D eigenvalue weighted by atomic mass is 10.2. The van der Waals surface area contributed by atoms with E-state index >= 15 is 0 Å². The molecule has 0 aromatic carbocycles. The van der Waals surface area contributed by atoms with Crippen LogP contribution in [0.15, 0.2) is 0 Å². The van der Waals surface area contributed by atoms with Crippen LogP contribution < -0.4 is 10.6 Å². The van der Waals surface area contributed by atoms with Crippen molar-refractivity contribution in [1.29, 1.82) is 0 Å². The molecule has 1 aliphatic heterocycles. The van der Waals surface area contributed by atoms with Gasteiger partial charge < -0.3 is 5.32 Å². The van der Waals surface area contributed by atoms with E-state index in [1.807, 2.05) is 0 Å². The highest BCUT2D eigenvalue weighted by molar-refractivity contribution is 5.76. The maximum absolute atomic E-state index is 11.3. The average molecular weight is 183 g/mol. The molecule has 0 bridgehead atoms. The molecule has 1 radical (unpaired) electrons. The lowest BCUT2D eigenvalue weighted by molar-refractivity contribution is -0.122. The van der Waals surface area contributed by atoms with Crippen molar-refractivity contribution >= 4 is 5.91 Å². The summed E-state index contributed by atoms with van der Waals surface area (Å²) in [5, 5.41) is 7.20. The van der Waals surface area contributed by atoms with Crippen LogP contribution in [-0.4, -0.2) is 18.6 Å². The van der Waals surface area contributed by atoms with E-state index in [0.717, 1.165) is 32.2 Å². The van der Waals surface area contributed by atoms with Crippen LogP contribution in [0.4, 0.5) is 0 Å². The van der Waals surface area contributed by atoms with Crippen LogP contribution in [0.5, 0.6) is 0 Å². The Kier molecular flexibility index (Phi) is 4.83. The van der Waals surface area contributed by atoms with Crippen LogP contribution in [0.2, 0.25) is 0 Å². The van der Waals surface area contributed by atoms with Crippen molar-refractivity contribution in [3.63, 3.8) is 0 Å². The van der Waals surface area contributed by atoms with E-state index in [1.54, 1.807) is 0 Å². The summed E-state index contributed by atoms with van der Waals surface area (Å²) in [6.45, 7) is 3.06. The van der Waals surface area contributed by atoms with E-state index in [0.29, 0.717) is 6.42 Å². The number of nitrogens with one attached hydrogen (secondary N) is 1. The van der Waals surface area contributed by atoms with Crippen molar-refractivity contribution in [1.82, 2.24) is 10.6 Å². The molecule has 13 heavy (non-hydrogen) atoms. The van der Waals surface area contributed by atoms with Gasteiger partial charge in [0.25, 0.3) is 0 Å². The van der Waals surface area contributed by atoms with Crippen LogP contribution in [-0.2, 0) is 4.79 Å². The zero-order valence-electron chi connectivity index (χ0n) is 8.38. The average Bonchev–Trinajstić information content (AvgIpc) is 2.57. The van der Waals surface area contributed by atoms with Crippen molar-refractivity contribution < 1.29 is 4.79 Å². The zero-order valence-corrected chi connectivity index (χ0v) is 8.38. The minimum absolute atomic E-state index is 0.120. The summed E-state index contributed by atoms with van der Waals surface area (Å²) in [6.07, 6.45) is 6.26. The Morgan fingerprint density at radius 1 is 1.54 bits per heavy atom. The van der Waals surface area contributed by atoms with Crippen LogP contribution in [0.25, 0.3) is 0 Å². The standard InChI is InChI=1S/C10H19N2O/c1-2-3-4-7-10(13)12-9-6-5-8-11-9/h9H,2-8H2,1H3,(H,12,13). The van der Waals surface area contributed by atoms with E-state index < -0.39 is 0 Å². The second-order valence-corrected chi connectivity index (χ2v) is 3.59. The number of carbonyl (C=O) groups excluding carboxylic acids is 1. The molecule has 3 heteroatoms. The molecule has 1 amide bonds. The smallest absolute Gasteiger partial charge is 0.221 e. The Labute approximate surface area is 80.3 Å². The van der Waals surface area contributed by atoms with Gasteiger partial charge in [-0.3, -0.25) is 4.79 Å². The maximum Gasteiger partial charge on any atom is 0.221 e. The number of amides is 1. The van der Waals surface area contributed by atoms with E-state index in [1.165, 1.54) is 6.42 Å². The number of unbranched alkanes of at least 4 members (excludes halogenated alkanes) is 2. The van der Waals surface area contributed by atoms with Crippen LogP contribution >= 0.6 is 0 Å². The molecule has 1 heterocycles. The lowest BCUT2D eigenvalue weighted by Gasteiger charge is -2.10. The molecule has 1 unspecified atom stereocenters. The summed E-state index contributed by atoms with van der Waals surface area (Å²) < 4.78 is 0. The fraction of sp³-hybridized carbons (Fsp3) is 0.900. The number of carbonyl (C=O) groups is 1. The second kappa shape index (κ2) is 5.97. The van der Waals surface area contributed by atoms with Crippen molar-refractivity contribution in [3.8, 4) is 0 Å². The minimum Gasteiger partial charge on any atom is -0.339 e. The largest absolute Gasteiger partial charge is 0.339 e. The number of hydrogen-bond donors (Lipinski definition) is 1. The van der Waals surface area contributed by atoms with Crippen LogP contribution in [0.3, 0.4) is 0 Å². The maximum atomic E-state index is 11.3. The first-order valence-corrected chi connectivity index (χ1v) is 5.29. The molecule has 1 rings (SSSR count). The number of nitrogens with zero attached hydrogens (tertiary/aromatic N) is 1. The fourth-order valence-electron chi connectivity index (χ4n) is 1.53. The van der Waals surface area contributed by atoms with Gasteiger partial charge in [-0.25, -0.2) is 5.32 Å². The Balaban J connectivity index is 2.02. The van der Waals surface area contributed by atoms with Crippen molar-refractivity contribution in [3.05, 3.63) is 0 Å². The van der Waals surface area contributed by atoms with E-state index in [2.05, 4.69) is 17.6 Å². The number of rotatable bonds is 5. The van der Waals surface area contributed by atoms with Gasteiger partial charge in [0.1, 0.15) is 0 Å². The topological polar surface area (TPSA) is 43.2 Å². The molecule has 1 atom stereocenters. The summed E-state index contributed by atoms with van der Waals surface area (Å²) in [5.74, 6) is 0.170. The summed E-state index contributed by atoms with van der Waals surface area (Å²) >= 11 is 0. The molecule has 0 spiro atoms. The van der Waals surface area contributed by atoms with Gasteiger partial charge >= 0.3 is 0 Å². The van der Waals surface area contributed by atoms with Gasteiger partial charge in [0.15, 0.2) is 0 Å². The van der Waals surface area contributed by atoms with Gasteiger partial charge in [-0.05, 0) is 19.3 Å². The van der Waals surface area contributed by atoms with Gasteiger partial charge in [-0.2, -0.15) is 0 Å². The number of hydrogen-bond acceptors (Lipinski definition) is 1. The third-order valence-corrected chi connectivity index (χ3v) is 2.32. The van der Waals surface area contributed by atoms with Gasteiger partial charge in [0, 0.05) is 13.0 Å². The van der Waals surface area contributed by atoms with E-state index in [4.69, 9.17) is 0 Å². The van der Waals surface area contributed by atoms with E-state index in [9.17, 15) is 4.79 Å². The molecule has 0 aliphatic carbocycles. The molecule has 3 nitrogen and oxygen atoms in total. The van der Waals surface area contributed by atoms with Gasteiger partial charge in [0.05, 0.1) is 6.17 Å². The highest BCUT2D eigenvalue weighted by Gasteiger charge is 2.16. The molecular formula is C10H19N2O. The highest BCUT2D eigenvalue weighted by atomic mass is 16.1. The Morgan fingerprint density at radius 3 is 3.00 bits per heavy atom. The molecule has 1 aliphatic rings. The molecule has 0 aromatic rings. The van der Waals surface area contributed by atoms with Gasteiger partial charge in [-0.15, -0.1) is 0 Å². The Bertz CT molecular complexity index is 153. The SMILES string of the molecule is CCCCCC(=O)NC1CCC[N]1. The van der Waals surface area contributed by atoms with Crippen LogP contribution in [0.1, 0.15) is 45.4 Å². The lowest BCUT2D eigenvalue weighted by Crippen LogP contribution is -2.37. The second-order valence-electron chi connectivity index (χ2n) is 3.59. The first kappa shape index (κ1) is 10.5. The molecule has 0 aromatic heterocycles. The highest BCUT2D eigenvalue weighted by Crippen LogP contribution is 2.05. The van der Waals surface area contributed by atoms with Crippen molar-refractivity contribution in [2.75, 3.05) is 6.54 Å². The van der Waals surface area contributed by atoms with E-state index in [-0.39, 0.29) is 12.1 Å². The molecule has 1 N–H and O–H groups in total. The van der Waals surface area contributed by atoms with Crippen LogP contribution in [0, 0.1) is 0 Å². The molecule has 75 valence electrons. The van der Waals surface area contributed by atoms with Crippen molar-refractivity contribution in [2.24, 2.45) is 0 Å². The quantitative estimate of drug-likeness (QED) is 0.643. The third kappa shape index (κ3) is 4.27. The molecule has 1 saturated heterocycles. The normalized spacial score (nSPS) is 21.8. The van der Waals surface area contributed by atoms with Crippen molar-refractivity contribution in [2.45, 2.75) is 51.6 Å². The Morgan fingerprint density at radius 2 is 2.38 bits per heavy atom. The predicted octanol–water partition coefficient (Wildman–Crippen LogP) is 1.41. The molecule has 1 fully saturated rings.